The van der Waals surface area contributed by atoms with E-state index < -0.39 is 0 Å². The van der Waals surface area contributed by atoms with Gasteiger partial charge < -0.3 is 10.2 Å². The third kappa shape index (κ3) is 4.23. The van der Waals surface area contributed by atoms with Crippen LogP contribution in [0.25, 0.3) is 6.08 Å². The zero-order chi connectivity index (χ0) is 21.8. The lowest BCUT2D eigenvalue weighted by Gasteiger charge is -2.45. The second kappa shape index (κ2) is 9.72. The summed E-state index contributed by atoms with van der Waals surface area (Å²) < 4.78 is 0. The Labute approximate surface area is 192 Å². The summed E-state index contributed by atoms with van der Waals surface area (Å²) in [5, 5.41) is 3.50. The van der Waals surface area contributed by atoms with Crippen molar-refractivity contribution in [3.8, 4) is 0 Å². The molecule has 0 radical (unpaired) electrons. The topological polar surface area (TPSA) is 18.5 Å². The molecule has 32 heavy (non-hydrogen) atoms. The second-order valence-electron chi connectivity index (χ2n) is 8.86. The highest BCUT2D eigenvalue weighted by atomic mass is 15.2. The van der Waals surface area contributed by atoms with Crippen LogP contribution in [-0.4, -0.2) is 37.6 Å². The van der Waals surface area contributed by atoms with Gasteiger partial charge >= 0.3 is 0 Å². The molecule has 1 fully saturated rings. The molecule has 1 saturated heterocycles. The average Bonchev–Trinajstić information content (AvgIpc) is 2.86. The minimum Gasteiger partial charge on any atom is -0.353 e. The van der Waals surface area contributed by atoms with Crippen molar-refractivity contribution in [2.24, 2.45) is 0 Å². The molecule has 2 heterocycles. The molecule has 0 aromatic heterocycles. The van der Waals surface area contributed by atoms with Crippen molar-refractivity contribution in [2.45, 2.75) is 25.4 Å². The molecule has 0 spiro atoms. The van der Waals surface area contributed by atoms with Crippen LogP contribution in [0.4, 0.5) is 5.69 Å². The molecule has 3 heteroatoms. The number of fused-ring (bicyclic) bond motifs is 1. The van der Waals surface area contributed by atoms with Crippen LogP contribution >= 0.6 is 0 Å². The lowest BCUT2D eigenvalue weighted by Crippen LogP contribution is -2.46. The standard InChI is InChI=1S/C29H33N3/c1-2-27(23-11-5-3-6-12-23)32-28-16-10-9-15-25(28)21-26(22-31-19-17-30-18-20-31)29(32)24-13-7-4-8-14-24/h3-16,21,27,29-30H,2,17-20,22H2,1H3/t27?,29-/m0/s1. The number of para-hydroxylation sites is 1. The van der Waals surface area contributed by atoms with Crippen molar-refractivity contribution < 1.29 is 0 Å². The Balaban J connectivity index is 1.64. The highest BCUT2D eigenvalue weighted by Gasteiger charge is 2.35. The summed E-state index contributed by atoms with van der Waals surface area (Å²) in [5.74, 6) is 0. The van der Waals surface area contributed by atoms with E-state index in [1.807, 2.05) is 0 Å². The maximum Gasteiger partial charge on any atom is 0.0778 e. The molecular formula is C29H33N3. The number of piperazine rings is 1. The molecule has 2 atom stereocenters. The smallest absolute Gasteiger partial charge is 0.0778 e. The van der Waals surface area contributed by atoms with Crippen LogP contribution in [0, 0.1) is 0 Å². The van der Waals surface area contributed by atoms with Crippen LogP contribution in [-0.2, 0) is 0 Å². The number of benzene rings is 3. The number of anilines is 1. The Bertz CT molecular complexity index is 1040. The monoisotopic (exact) mass is 423 g/mol. The summed E-state index contributed by atoms with van der Waals surface area (Å²) in [5.41, 5.74) is 6.92. The molecule has 0 bridgehead atoms. The zero-order valence-corrected chi connectivity index (χ0v) is 19.0. The molecule has 1 N–H and O–H groups in total. The normalized spacial score (nSPS) is 19.8. The van der Waals surface area contributed by atoms with Gasteiger partial charge in [-0.05, 0) is 34.8 Å². The van der Waals surface area contributed by atoms with Gasteiger partial charge in [0.05, 0.1) is 12.1 Å². The highest BCUT2D eigenvalue weighted by molar-refractivity contribution is 5.76. The van der Waals surface area contributed by atoms with Gasteiger partial charge in [-0.15, -0.1) is 0 Å². The van der Waals surface area contributed by atoms with Gasteiger partial charge in [0.15, 0.2) is 0 Å². The summed E-state index contributed by atoms with van der Waals surface area (Å²) in [6.45, 7) is 7.69. The maximum absolute atomic E-state index is 3.50. The van der Waals surface area contributed by atoms with Crippen molar-refractivity contribution in [2.75, 3.05) is 37.6 Å². The summed E-state index contributed by atoms with van der Waals surface area (Å²) in [7, 11) is 0. The van der Waals surface area contributed by atoms with Gasteiger partial charge in [-0.2, -0.15) is 0 Å². The largest absolute Gasteiger partial charge is 0.353 e. The average molecular weight is 424 g/mol. The summed E-state index contributed by atoms with van der Waals surface area (Å²) >= 11 is 0. The van der Waals surface area contributed by atoms with Crippen molar-refractivity contribution in [1.29, 1.82) is 0 Å². The van der Waals surface area contributed by atoms with Crippen LogP contribution in [0.3, 0.4) is 0 Å². The predicted octanol–water partition coefficient (Wildman–Crippen LogP) is 5.69. The predicted molar refractivity (Wildman–Crippen MR) is 135 cm³/mol. The molecule has 1 unspecified atom stereocenters. The van der Waals surface area contributed by atoms with Gasteiger partial charge in [-0.25, -0.2) is 0 Å². The molecule has 0 aliphatic carbocycles. The fraction of sp³-hybridized carbons (Fsp3) is 0.310. The number of hydrogen-bond donors (Lipinski definition) is 1. The fourth-order valence-corrected chi connectivity index (χ4v) is 5.33. The molecular weight excluding hydrogens is 390 g/mol. The first-order chi connectivity index (χ1) is 15.8. The third-order valence-electron chi connectivity index (χ3n) is 6.82. The van der Waals surface area contributed by atoms with Crippen molar-refractivity contribution in [3.63, 3.8) is 0 Å². The number of hydrogen-bond acceptors (Lipinski definition) is 3. The highest BCUT2D eigenvalue weighted by Crippen LogP contribution is 2.46. The van der Waals surface area contributed by atoms with Crippen LogP contribution < -0.4 is 10.2 Å². The minimum atomic E-state index is 0.228. The molecule has 5 rings (SSSR count). The van der Waals surface area contributed by atoms with Crippen molar-refractivity contribution >= 4 is 11.8 Å². The van der Waals surface area contributed by atoms with Crippen molar-refractivity contribution in [1.82, 2.24) is 10.2 Å². The van der Waals surface area contributed by atoms with Crippen LogP contribution in [0.1, 0.15) is 42.1 Å². The van der Waals surface area contributed by atoms with Gasteiger partial charge in [-0.3, -0.25) is 4.90 Å². The summed E-state index contributed by atoms with van der Waals surface area (Å²) in [6.07, 6.45) is 3.52. The fourth-order valence-electron chi connectivity index (χ4n) is 5.33. The third-order valence-corrected chi connectivity index (χ3v) is 6.82. The lowest BCUT2D eigenvalue weighted by molar-refractivity contribution is 0.255. The first-order valence-electron chi connectivity index (χ1n) is 12.0. The van der Waals surface area contributed by atoms with Gasteiger partial charge in [0.1, 0.15) is 0 Å². The van der Waals surface area contributed by atoms with E-state index in [-0.39, 0.29) is 6.04 Å². The van der Waals surface area contributed by atoms with Crippen LogP contribution in [0.5, 0.6) is 0 Å². The summed E-state index contributed by atoms with van der Waals surface area (Å²) in [6, 6.07) is 31.6. The molecule has 2 aliphatic heterocycles. The second-order valence-corrected chi connectivity index (χ2v) is 8.86. The Morgan fingerprint density at radius 2 is 1.50 bits per heavy atom. The first-order valence-corrected chi connectivity index (χ1v) is 12.0. The molecule has 3 aromatic carbocycles. The van der Waals surface area contributed by atoms with Gasteiger partial charge in [0, 0.05) is 38.4 Å². The van der Waals surface area contributed by atoms with Gasteiger partial charge in [0.2, 0.25) is 0 Å². The van der Waals surface area contributed by atoms with Crippen molar-refractivity contribution in [3.05, 3.63) is 107 Å². The Morgan fingerprint density at radius 1 is 0.844 bits per heavy atom. The Hall–Kier alpha value is -2.88. The van der Waals surface area contributed by atoms with Gasteiger partial charge in [0.25, 0.3) is 0 Å². The molecule has 3 aromatic rings. The molecule has 0 saturated carbocycles. The first kappa shape index (κ1) is 21.0. The number of rotatable bonds is 6. The lowest BCUT2D eigenvalue weighted by atomic mass is 9.86. The maximum atomic E-state index is 3.50. The molecule has 164 valence electrons. The van der Waals surface area contributed by atoms with Crippen LogP contribution in [0.2, 0.25) is 0 Å². The number of nitrogens with one attached hydrogen (secondary N) is 1. The molecule has 2 aliphatic rings. The summed E-state index contributed by atoms with van der Waals surface area (Å²) in [4.78, 5) is 5.30. The van der Waals surface area contributed by atoms with E-state index in [1.54, 1.807) is 0 Å². The van der Waals surface area contributed by atoms with Crippen LogP contribution in [0.15, 0.2) is 90.5 Å². The van der Waals surface area contributed by atoms with E-state index in [1.165, 1.54) is 28.0 Å². The Morgan fingerprint density at radius 3 is 2.22 bits per heavy atom. The van der Waals surface area contributed by atoms with E-state index in [0.29, 0.717) is 6.04 Å². The Kier molecular flexibility index (Phi) is 6.38. The number of nitrogens with zero attached hydrogens (tertiary/aromatic N) is 2. The van der Waals surface area contributed by atoms with E-state index in [0.717, 1.165) is 39.1 Å². The van der Waals surface area contributed by atoms with E-state index in [4.69, 9.17) is 0 Å². The van der Waals surface area contributed by atoms with Gasteiger partial charge in [-0.1, -0.05) is 91.9 Å². The molecule has 3 nitrogen and oxygen atoms in total. The van der Waals surface area contributed by atoms with E-state index in [2.05, 4.69) is 113 Å². The van der Waals surface area contributed by atoms with E-state index >= 15 is 0 Å². The SMILES string of the molecule is CCC(c1ccccc1)N1c2ccccc2C=C(CN2CCNCC2)[C@@H]1c1ccccc1. The molecule has 0 amide bonds. The van der Waals surface area contributed by atoms with E-state index in [9.17, 15) is 0 Å². The zero-order valence-electron chi connectivity index (χ0n) is 19.0. The quantitative estimate of drug-likeness (QED) is 0.550. The minimum absolute atomic E-state index is 0.228.